The average Bonchev–Trinajstić information content (AvgIpc) is 2.97. The molecule has 1 N–H and O–H groups in total. The van der Waals surface area contributed by atoms with Gasteiger partial charge in [0.25, 0.3) is 0 Å². The molecule has 2 aromatic rings. The summed E-state index contributed by atoms with van der Waals surface area (Å²) < 4.78 is 5.39. The van der Waals surface area contributed by atoms with Crippen LogP contribution in [-0.2, 0) is 6.42 Å². The van der Waals surface area contributed by atoms with Gasteiger partial charge in [0.1, 0.15) is 0 Å². The summed E-state index contributed by atoms with van der Waals surface area (Å²) in [7, 11) is 0. The zero-order valence-electron chi connectivity index (χ0n) is 11.6. The number of aliphatic hydroxyl groups excluding tert-OH is 1. The van der Waals surface area contributed by atoms with Gasteiger partial charge in [-0.2, -0.15) is 4.98 Å². The molecule has 2 unspecified atom stereocenters. The zero-order valence-corrected chi connectivity index (χ0v) is 11.6. The number of aliphatic hydroxyl groups is 1. The first-order valence-corrected chi connectivity index (χ1v) is 7.24. The minimum atomic E-state index is -0.361. The Hall–Kier alpha value is -1.75. The van der Waals surface area contributed by atoms with Crippen molar-refractivity contribution in [2.45, 2.75) is 51.0 Å². The van der Waals surface area contributed by atoms with Crippen LogP contribution in [0.15, 0.2) is 23.0 Å². The number of aryl methyl sites for hydroxylation is 1. The van der Waals surface area contributed by atoms with Crippen LogP contribution in [-0.4, -0.2) is 26.3 Å². The maximum Gasteiger partial charge on any atom is 0.232 e. The molecule has 1 fully saturated rings. The van der Waals surface area contributed by atoms with Crippen molar-refractivity contribution in [1.82, 2.24) is 15.1 Å². The molecule has 5 heteroatoms. The molecule has 0 saturated heterocycles. The van der Waals surface area contributed by atoms with Gasteiger partial charge in [-0.05, 0) is 30.9 Å². The molecule has 0 radical (unpaired) electrons. The van der Waals surface area contributed by atoms with Gasteiger partial charge in [0, 0.05) is 18.0 Å². The second kappa shape index (κ2) is 5.71. The van der Waals surface area contributed by atoms with E-state index in [4.69, 9.17) is 4.52 Å². The van der Waals surface area contributed by atoms with E-state index in [1.165, 1.54) is 0 Å². The van der Waals surface area contributed by atoms with Crippen LogP contribution in [0.3, 0.4) is 0 Å². The molecule has 2 heterocycles. The number of pyridine rings is 1. The molecule has 5 nitrogen and oxygen atoms in total. The highest BCUT2D eigenvalue weighted by Crippen LogP contribution is 2.33. The number of aromatic nitrogens is 3. The smallest absolute Gasteiger partial charge is 0.232 e. The summed E-state index contributed by atoms with van der Waals surface area (Å²) in [5, 5.41) is 14.1. The van der Waals surface area contributed by atoms with Gasteiger partial charge in [-0.15, -0.1) is 0 Å². The summed E-state index contributed by atoms with van der Waals surface area (Å²) in [6, 6.07) is 1.91. The van der Waals surface area contributed by atoms with E-state index in [-0.39, 0.29) is 12.0 Å². The maximum absolute atomic E-state index is 10.1. The van der Waals surface area contributed by atoms with Gasteiger partial charge in [-0.3, -0.25) is 4.98 Å². The van der Waals surface area contributed by atoms with Crippen LogP contribution in [0, 0.1) is 0 Å². The van der Waals surface area contributed by atoms with Crippen molar-refractivity contribution in [2.24, 2.45) is 0 Å². The van der Waals surface area contributed by atoms with E-state index in [1.54, 1.807) is 6.20 Å². The van der Waals surface area contributed by atoms with Crippen LogP contribution >= 0.6 is 0 Å². The van der Waals surface area contributed by atoms with Gasteiger partial charge in [-0.1, -0.05) is 24.9 Å². The summed E-state index contributed by atoms with van der Waals surface area (Å²) in [5.41, 5.74) is 2.06. The standard InChI is InChI=1S/C15H19N3O2/c1-2-10-9-16-8-7-11(10)14-17-15(20-18-14)12-5-3-4-6-13(12)19/h7-9,12-13,19H,2-6H2,1H3. The summed E-state index contributed by atoms with van der Waals surface area (Å²) in [4.78, 5) is 8.62. The van der Waals surface area contributed by atoms with Crippen molar-refractivity contribution in [2.75, 3.05) is 0 Å². The molecule has 2 aromatic heterocycles. The number of rotatable bonds is 3. The van der Waals surface area contributed by atoms with Gasteiger partial charge in [-0.25, -0.2) is 0 Å². The van der Waals surface area contributed by atoms with Gasteiger partial charge in [0.05, 0.1) is 12.0 Å². The van der Waals surface area contributed by atoms with E-state index < -0.39 is 0 Å². The van der Waals surface area contributed by atoms with E-state index >= 15 is 0 Å². The molecule has 106 valence electrons. The lowest BCUT2D eigenvalue weighted by Gasteiger charge is -2.24. The van der Waals surface area contributed by atoms with Crippen LogP contribution < -0.4 is 0 Å². The first-order valence-electron chi connectivity index (χ1n) is 7.24. The monoisotopic (exact) mass is 273 g/mol. The van der Waals surface area contributed by atoms with Crippen LogP contribution in [0.4, 0.5) is 0 Å². The van der Waals surface area contributed by atoms with E-state index in [0.29, 0.717) is 11.7 Å². The molecule has 2 atom stereocenters. The summed E-state index contributed by atoms with van der Waals surface area (Å²) in [6.45, 7) is 2.08. The maximum atomic E-state index is 10.1. The molecule has 20 heavy (non-hydrogen) atoms. The second-order valence-electron chi connectivity index (χ2n) is 5.30. The third kappa shape index (κ3) is 2.45. The highest BCUT2D eigenvalue weighted by Gasteiger charge is 2.29. The van der Waals surface area contributed by atoms with Crippen LogP contribution in [0.2, 0.25) is 0 Å². The third-order valence-electron chi connectivity index (χ3n) is 4.01. The first kappa shape index (κ1) is 13.2. The molecule has 3 rings (SSSR count). The van der Waals surface area contributed by atoms with Crippen molar-refractivity contribution < 1.29 is 9.63 Å². The highest BCUT2D eigenvalue weighted by atomic mass is 16.5. The Morgan fingerprint density at radius 2 is 2.20 bits per heavy atom. The topological polar surface area (TPSA) is 72.0 Å². The van der Waals surface area contributed by atoms with E-state index in [0.717, 1.165) is 43.2 Å². The Balaban J connectivity index is 1.90. The average molecular weight is 273 g/mol. The van der Waals surface area contributed by atoms with Gasteiger partial charge in [0.15, 0.2) is 0 Å². The summed E-state index contributed by atoms with van der Waals surface area (Å²) in [6.07, 6.45) is 8.00. The van der Waals surface area contributed by atoms with Crippen molar-refractivity contribution in [3.8, 4) is 11.4 Å². The first-order chi connectivity index (χ1) is 9.79. The lowest BCUT2D eigenvalue weighted by Crippen LogP contribution is -2.22. The van der Waals surface area contributed by atoms with Crippen molar-refractivity contribution >= 4 is 0 Å². The molecule has 0 aromatic carbocycles. The largest absolute Gasteiger partial charge is 0.392 e. The van der Waals surface area contributed by atoms with Crippen LogP contribution in [0.25, 0.3) is 11.4 Å². The van der Waals surface area contributed by atoms with E-state index in [1.807, 2.05) is 12.3 Å². The predicted molar refractivity (Wildman–Crippen MR) is 74.1 cm³/mol. The van der Waals surface area contributed by atoms with Gasteiger partial charge in [0.2, 0.25) is 11.7 Å². The summed E-state index contributed by atoms with van der Waals surface area (Å²) in [5.74, 6) is 1.14. The van der Waals surface area contributed by atoms with Gasteiger partial charge >= 0.3 is 0 Å². The predicted octanol–water partition coefficient (Wildman–Crippen LogP) is 2.71. The Morgan fingerprint density at radius 1 is 1.35 bits per heavy atom. The molecule has 1 aliphatic rings. The summed E-state index contributed by atoms with van der Waals surface area (Å²) >= 11 is 0. The molecule has 0 spiro atoms. The van der Waals surface area contributed by atoms with Crippen LogP contribution in [0.1, 0.15) is 50.0 Å². The number of nitrogens with zero attached hydrogens (tertiary/aromatic N) is 3. The quantitative estimate of drug-likeness (QED) is 0.930. The number of hydrogen-bond acceptors (Lipinski definition) is 5. The SMILES string of the molecule is CCc1cnccc1-c1noc(C2CCCCC2O)n1. The lowest BCUT2D eigenvalue weighted by molar-refractivity contribution is 0.0908. The molecule has 1 saturated carbocycles. The molecule has 0 bridgehead atoms. The zero-order chi connectivity index (χ0) is 13.9. The number of hydrogen-bond donors (Lipinski definition) is 1. The lowest BCUT2D eigenvalue weighted by atomic mass is 9.86. The van der Waals surface area contributed by atoms with Crippen LogP contribution in [0.5, 0.6) is 0 Å². The fraction of sp³-hybridized carbons (Fsp3) is 0.533. The normalized spacial score (nSPS) is 22.9. The van der Waals surface area contributed by atoms with E-state index in [9.17, 15) is 5.11 Å². The molecule has 1 aliphatic carbocycles. The fourth-order valence-electron chi connectivity index (χ4n) is 2.82. The molecule has 0 amide bonds. The molecular weight excluding hydrogens is 254 g/mol. The molecule has 0 aliphatic heterocycles. The van der Waals surface area contributed by atoms with Crippen molar-refractivity contribution in [3.05, 3.63) is 29.9 Å². The second-order valence-corrected chi connectivity index (χ2v) is 5.30. The Labute approximate surface area is 118 Å². The minimum absolute atomic E-state index is 0.0167. The Kier molecular flexibility index (Phi) is 3.78. The minimum Gasteiger partial charge on any atom is -0.392 e. The highest BCUT2D eigenvalue weighted by molar-refractivity contribution is 5.58. The van der Waals surface area contributed by atoms with Gasteiger partial charge < -0.3 is 9.63 Å². The van der Waals surface area contributed by atoms with Crippen molar-refractivity contribution in [1.29, 1.82) is 0 Å². The van der Waals surface area contributed by atoms with Crippen molar-refractivity contribution in [3.63, 3.8) is 0 Å². The van der Waals surface area contributed by atoms with E-state index in [2.05, 4.69) is 22.0 Å². The fourth-order valence-corrected chi connectivity index (χ4v) is 2.82. The molecular formula is C15H19N3O2. The Bertz CT molecular complexity index is 582. The Morgan fingerprint density at radius 3 is 3.00 bits per heavy atom. The third-order valence-corrected chi connectivity index (χ3v) is 4.01.